The molecule has 0 bridgehead atoms. The Balaban J connectivity index is 0.991. The fourth-order valence-corrected chi connectivity index (χ4v) is 16.6. The maximum absolute atomic E-state index is 15.3. The predicted octanol–water partition coefficient (Wildman–Crippen LogP) is -3.06. The Bertz CT molecular complexity index is 2150. The molecule has 0 aromatic heterocycles. The molecule has 4 saturated carbocycles. The van der Waals surface area contributed by atoms with Crippen LogP contribution in [0.15, 0.2) is 11.6 Å². The van der Waals surface area contributed by atoms with Crippen LogP contribution in [0.1, 0.15) is 106 Å². The summed E-state index contributed by atoms with van der Waals surface area (Å²) >= 11 is 0. The molecule has 0 aromatic carbocycles. The van der Waals surface area contributed by atoms with E-state index in [0.29, 0.717) is 51.4 Å². The van der Waals surface area contributed by atoms with Crippen LogP contribution in [0.3, 0.4) is 0 Å². The van der Waals surface area contributed by atoms with Crippen LogP contribution < -0.4 is 0 Å². The van der Waals surface area contributed by atoms with Gasteiger partial charge in [0.25, 0.3) is 0 Å². The van der Waals surface area contributed by atoms with E-state index in [-0.39, 0.29) is 29.6 Å². The average Bonchev–Trinajstić information content (AvgIpc) is 2.29. The Kier molecular flexibility index (Phi) is 17.2. The van der Waals surface area contributed by atoms with E-state index < -0.39 is 195 Å². The van der Waals surface area contributed by atoms with Crippen LogP contribution in [-0.2, 0) is 42.7 Å². The van der Waals surface area contributed by atoms with Gasteiger partial charge in [0.1, 0.15) is 85.5 Å². The number of hydrogen-bond donors (Lipinski definition) is 15. The number of aliphatic hydroxyl groups excluding tert-OH is 15. The van der Waals surface area contributed by atoms with Crippen molar-refractivity contribution in [3.63, 3.8) is 0 Å². The van der Waals surface area contributed by atoms with E-state index in [4.69, 9.17) is 37.9 Å². The molecule has 4 saturated heterocycles. The predicted molar refractivity (Wildman–Crippen MR) is 264 cm³/mol. The molecule has 78 heavy (non-hydrogen) atoms. The lowest BCUT2D eigenvalue weighted by atomic mass is 9.33. The number of rotatable bonds is 12. The molecule has 15 N–H and O–H groups in total. The maximum atomic E-state index is 15.3. The zero-order valence-corrected chi connectivity index (χ0v) is 45.6. The van der Waals surface area contributed by atoms with Gasteiger partial charge in [0.2, 0.25) is 6.29 Å². The highest BCUT2D eigenvalue weighted by molar-refractivity contribution is 5.79. The van der Waals surface area contributed by atoms with Gasteiger partial charge in [-0.3, -0.25) is 4.79 Å². The number of aliphatic hydroxyl groups is 15. The average molecular weight is 1120 g/mol. The van der Waals surface area contributed by atoms with Gasteiger partial charge in [-0.15, -0.1) is 0 Å². The summed E-state index contributed by atoms with van der Waals surface area (Å²) in [5.41, 5.74) is -3.00. The SMILES string of the molecule is C[C@@H]1O[C@@H](O[C@H]2[C@H](OC(=O)[C@]34CCC(C)(C)C[C@H]3C3=CC[C@@H]5[C@@]6(C)C[C@H](O)[C@H](O[C@@H]7O[C@H](CO)[C@@H](O)[C@H](O)[C@H]7O[C@@H]7O[C@H](CO)[C@@H](O)[C@H](O)[C@H]7O)[C@@](C)(CO)[C@@H]6CC[C@@]5(C)[C@]3(C)CC4)O[C@H](CO)[C@@H](O)[C@@H]2O)[C@H](O)[C@H](O)[C@H]1O. The van der Waals surface area contributed by atoms with Crippen LogP contribution in [0.25, 0.3) is 0 Å². The summed E-state index contributed by atoms with van der Waals surface area (Å²) in [4.78, 5) is 15.3. The molecule has 0 unspecified atom stereocenters. The minimum Gasteiger partial charge on any atom is -0.432 e. The lowest BCUT2D eigenvalue weighted by molar-refractivity contribution is -0.384. The second-order valence-corrected chi connectivity index (χ2v) is 26.3. The Labute approximate surface area is 453 Å². The van der Waals surface area contributed by atoms with Gasteiger partial charge < -0.3 is 114 Å². The molecule has 9 aliphatic rings. The van der Waals surface area contributed by atoms with Crippen molar-refractivity contribution in [2.45, 2.75) is 241 Å². The fraction of sp³-hybridized carbons (Fsp3) is 0.944. The van der Waals surface area contributed by atoms with E-state index in [1.54, 1.807) is 0 Å². The minimum absolute atomic E-state index is 0.0875. The minimum atomic E-state index is -1.90. The fourth-order valence-electron chi connectivity index (χ4n) is 16.6. The molecule has 9 rings (SSSR count). The van der Waals surface area contributed by atoms with Gasteiger partial charge in [-0.05, 0) is 104 Å². The lowest BCUT2D eigenvalue weighted by Crippen LogP contribution is -2.70. The van der Waals surface area contributed by atoms with Crippen LogP contribution in [-0.4, -0.2) is 244 Å². The van der Waals surface area contributed by atoms with E-state index in [0.717, 1.165) is 5.57 Å². The van der Waals surface area contributed by atoms with Crippen LogP contribution in [0.5, 0.6) is 0 Å². The van der Waals surface area contributed by atoms with Crippen molar-refractivity contribution < 1.29 is 119 Å². The largest absolute Gasteiger partial charge is 0.432 e. The Morgan fingerprint density at radius 3 is 1.65 bits per heavy atom. The highest BCUT2D eigenvalue weighted by Gasteiger charge is 2.72. The summed E-state index contributed by atoms with van der Waals surface area (Å²) in [6, 6.07) is 0. The zero-order valence-electron chi connectivity index (χ0n) is 45.6. The monoisotopic (exact) mass is 1120 g/mol. The summed E-state index contributed by atoms with van der Waals surface area (Å²) in [5, 5.41) is 163. The van der Waals surface area contributed by atoms with Crippen molar-refractivity contribution >= 4 is 5.97 Å². The second kappa shape index (κ2) is 22.1. The third-order valence-electron chi connectivity index (χ3n) is 21.5. The number of allylic oxidation sites excluding steroid dienone is 2. The quantitative estimate of drug-likeness (QED) is 0.0524. The molecular formula is C54H88O24. The van der Waals surface area contributed by atoms with Gasteiger partial charge in [0, 0.05) is 5.41 Å². The number of carbonyl (C=O) groups excluding carboxylic acids is 1. The van der Waals surface area contributed by atoms with Gasteiger partial charge in [0.05, 0.1) is 50.2 Å². The molecular weight excluding hydrogens is 1030 g/mol. The van der Waals surface area contributed by atoms with Crippen LogP contribution in [0.2, 0.25) is 0 Å². The highest BCUT2D eigenvalue weighted by Crippen LogP contribution is 2.76. The Morgan fingerprint density at radius 2 is 1.08 bits per heavy atom. The first-order valence-corrected chi connectivity index (χ1v) is 27.9. The summed E-state index contributed by atoms with van der Waals surface area (Å²) in [5.74, 6) is -1.36. The first-order chi connectivity index (χ1) is 36.5. The summed E-state index contributed by atoms with van der Waals surface area (Å²) in [6.45, 7) is 11.5. The summed E-state index contributed by atoms with van der Waals surface area (Å²) < 4.78 is 48.1. The van der Waals surface area contributed by atoms with Crippen molar-refractivity contribution in [3.8, 4) is 0 Å². The van der Waals surface area contributed by atoms with E-state index in [1.165, 1.54) is 6.92 Å². The Morgan fingerprint density at radius 1 is 0.564 bits per heavy atom. The zero-order chi connectivity index (χ0) is 57.1. The van der Waals surface area contributed by atoms with Gasteiger partial charge in [-0.2, -0.15) is 0 Å². The Hall–Kier alpha value is -1.67. The molecule has 0 radical (unpaired) electrons. The third kappa shape index (κ3) is 9.67. The van der Waals surface area contributed by atoms with Crippen molar-refractivity contribution in [2.75, 3.05) is 26.4 Å². The molecule has 5 aliphatic carbocycles. The smallest absolute Gasteiger partial charge is 0.315 e. The van der Waals surface area contributed by atoms with Crippen molar-refractivity contribution in [1.82, 2.24) is 0 Å². The normalized spacial score (nSPS) is 55.1. The van der Waals surface area contributed by atoms with Crippen LogP contribution in [0, 0.1) is 50.2 Å². The molecule has 4 aliphatic heterocycles. The second-order valence-electron chi connectivity index (χ2n) is 26.3. The first kappa shape index (κ1) is 60.9. The van der Waals surface area contributed by atoms with Gasteiger partial charge >= 0.3 is 5.97 Å². The number of esters is 1. The molecule has 448 valence electrons. The van der Waals surface area contributed by atoms with Gasteiger partial charge in [-0.1, -0.05) is 53.2 Å². The topological polar surface area (TPSA) is 394 Å². The van der Waals surface area contributed by atoms with E-state index in [2.05, 4.69) is 40.7 Å². The number of ether oxygens (including phenoxy) is 8. The maximum Gasteiger partial charge on any atom is 0.315 e. The standard InChI is InChI=1S/C54H88O24/c1-22-31(60)35(64)39(68)44(71-22)75-42-38(67)34(63)28(20-57)74-47(42)78-48(70)54-14-12-49(2,3)16-24(54)23-8-9-30-50(4)17-25(59)43(51(5,21-58)29(50)10-11-53(30,7)52(23,6)13-15-54)77-46-41(37(66)33(62)27(19-56)73-46)76-45-40(69)36(65)32(61)26(18-55)72-45/h8,22,24-47,55-69H,9-21H2,1-7H3/t22-,24-,25-,26+,27+,28+,29+,30+,31-,32+,33+,34+,35+,36-,37-,38-,39+,40+,41+,42+,43-,44-,45-,46-,47-,50-,51-,52+,53+,54-/m0/s1. The molecule has 30 atom stereocenters. The molecule has 0 aromatic rings. The summed E-state index contributed by atoms with van der Waals surface area (Å²) in [6.07, 6.45) is -28.6. The molecule has 8 fully saturated rings. The number of carbonyl (C=O) groups is 1. The molecule has 24 nitrogen and oxygen atoms in total. The third-order valence-corrected chi connectivity index (χ3v) is 21.5. The van der Waals surface area contributed by atoms with Crippen molar-refractivity contribution in [2.24, 2.45) is 50.2 Å². The van der Waals surface area contributed by atoms with E-state index in [1.807, 2.05) is 6.92 Å². The van der Waals surface area contributed by atoms with Crippen molar-refractivity contribution in [1.29, 1.82) is 0 Å². The molecule has 0 amide bonds. The molecule has 24 heteroatoms. The van der Waals surface area contributed by atoms with Crippen LogP contribution in [0.4, 0.5) is 0 Å². The van der Waals surface area contributed by atoms with Crippen molar-refractivity contribution in [3.05, 3.63) is 11.6 Å². The van der Waals surface area contributed by atoms with Gasteiger partial charge in [0.15, 0.2) is 25.0 Å². The number of fused-ring (bicyclic) bond motifs is 7. The number of hydrogen-bond acceptors (Lipinski definition) is 24. The lowest BCUT2D eigenvalue weighted by Gasteiger charge is -2.72. The summed E-state index contributed by atoms with van der Waals surface area (Å²) in [7, 11) is 0. The molecule has 0 spiro atoms. The van der Waals surface area contributed by atoms with E-state index >= 15 is 4.79 Å². The highest BCUT2D eigenvalue weighted by atomic mass is 16.8. The molecule has 4 heterocycles. The van der Waals surface area contributed by atoms with Crippen LogP contribution >= 0.6 is 0 Å². The first-order valence-electron chi connectivity index (χ1n) is 27.9. The van der Waals surface area contributed by atoms with Gasteiger partial charge in [-0.25, -0.2) is 0 Å². The van der Waals surface area contributed by atoms with E-state index in [9.17, 15) is 76.6 Å².